The SMILES string of the molecule is CCCCCCC/C=C\C/C=C\C/C=C\CCCCCCCCCCCCCCC(=O)NC(COC1OC(CO)C(OC2OC(CO)C(O)C(O)C2O)C(O)C1O)C(O)/C=C/CC/C=C/CC/C=C/CCCCCCCCC. The van der Waals surface area contributed by atoms with Gasteiger partial charge in [-0.25, -0.2) is 0 Å². The van der Waals surface area contributed by atoms with Crippen molar-refractivity contribution in [2.24, 2.45) is 0 Å². The number of carbonyl (C=O) groups is 1. The van der Waals surface area contributed by atoms with Crippen molar-refractivity contribution in [1.82, 2.24) is 5.32 Å². The Hall–Kier alpha value is -2.57. The molecule has 12 atom stereocenters. The van der Waals surface area contributed by atoms with Crippen LogP contribution in [0.4, 0.5) is 0 Å². The maximum atomic E-state index is 13.3. The van der Waals surface area contributed by atoms with Gasteiger partial charge in [0.25, 0.3) is 0 Å². The van der Waals surface area contributed by atoms with E-state index in [9.17, 15) is 45.6 Å². The lowest BCUT2D eigenvalue weighted by molar-refractivity contribution is -0.359. The van der Waals surface area contributed by atoms with Gasteiger partial charge in [0.2, 0.25) is 5.91 Å². The summed E-state index contributed by atoms with van der Waals surface area (Å²) in [5, 5.41) is 87.1. The fourth-order valence-corrected chi connectivity index (χ4v) is 9.80. The minimum atomic E-state index is -1.79. The molecule has 0 aromatic carbocycles. The number of amides is 1. The monoisotopic (exact) mass is 1100 g/mol. The van der Waals surface area contributed by atoms with Gasteiger partial charge in [-0.05, 0) is 83.5 Å². The highest BCUT2D eigenvalue weighted by Gasteiger charge is 2.51. The third-order valence-electron chi connectivity index (χ3n) is 14.8. The molecule has 12 unspecified atom stereocenters. The van der Waals surface area contributed by atoms with Crippen LogP contribution in [-0.4, -0.2) is 140 Å². The average molecular weight is 1100 g/mol. The fourth-order valence-electron chi connectivity index (χ4n) is 9.80. The number of nitrogens with one attached hydrogen (secondary N) is 1. The van der Waals surface area contributed by atoms with Crippen LogP contribution >= 0.6 is 0 Å². The highest BCUT2D eigenvalue weighted by atomic mass is 16.7. The fraction of sp³-hybridized carbons (Fsp3) is 0.797. The standard InChI is InChI=1S/C64H113NO13/c1-3-5-7-9-11-13-15-17-19-21-22-23-24-25-26-27-28-29-30-32-34-36-38-40-42-44-46-48-56(69)65-52(53(68)47-45-43-41-39-37-35-33-31-20-18-16-14-12-10-8-6-4-2)51-75-63-61(74)59(72)62(55(50-67)77-63)78-64-60(73)58(71)57(70)54(49-66)76-64/h15,17,20-22,24-25,31,37,39,45,47,52-55,57-64,66-68,70-74H,3-14,16,18-19,23,26-30,32-36,38,40-44,46,48-51H2,1-2H3,(H,65,69)/b17-15-,22-21-,25-24-,31-20+,39-37+,47-45+. The summed E-state index contributed by atoms with van der Waals surface area (Å²) in [5.41, 5.74) is 0. The molecule has 78 heavy (non-hydrogen) atoms. The van der Waals surface area contributed by atoms with Gasteiger partial charge in [-0.3, -0.25) is 4.79 Å². The Bertz CT molecular complexity index is 1580. The molecule has 2 rings (SSSR count). The number of aliphatic hydroxyl groups is 8. The summed E-state index contributed by atoms with van der Waals surface area (Å²) < 4.78 is 22.8. The predicted molar refractivity (Wildman–Crippen MR) is 313 cm³/mol. The zero-order valence-corrected chi connectivity index (χ0v) is 48.6. The van der Waals surface area contributed by atoms with Crippen molar-refractivity contribution in [3.8, 4) is 0 Å². The van der Waals surface area contributed by atoms with E-state index in [1.54, 1.807) is 6.08 Å². The summed E-state index contributed by atoms with van der Waals surface area (Å²) >= 11 is 0. The number of carbonyl (C=O) groups excluding carboxylic acids is 1. The van der Waals surface area contributed by atoms with E-state index in [1.807, 2.05) is 6.08 Å². The second-order valence-electron chi connectivity index (χ2n) is 21.8. The molecule has 0 saturated carbocycles. The molecule has 2 aliphatic rings. The first-order valence-electron chi connectivity index (χ1n) is 31.2. The molecule has 452 valence electrons. The van der Waals surface area contributed by atoms with Crippen LogP contribution in [0.25, 0.3) is 0 Å². The Morgan fingerprint density at radius 2 is 0.859 bits per heavy atom. The number of unbranched alkanes of at least 4 members (excludes halogenated alkanes) is 26. The van der Waals surface area contributed by atoms with Gasteiger partial charge < -0.3 is 65.1 Å². The molecule has 1 amide bonds. The van der Waals surface area contributed by atoms with Crippen LogP contribution in [0, 0.1) is 0 Å². The van der Waals surface area contributed by atoms with Crippen LogP contribution in [0.5, 0.6) is 0 Å². The van der Waals surface area contributed by atoms with E-state index < -0.39 is 86.8 Å². The Balaban J connectivity index is 1.74. The molecule has 0 aliphatic carbocycles. The summed E-state index contributed by atoms with van der Waals surface area (Å²) in [6.45, 7) is 2.75. The van der Waals surface area contributed by atoms with E-state index in [0.29, 0.717) is 12.8 Å². The lowest BCUT2D eigenvalue weighted by Gasteiger charge is -2.46. The number of allylic oxidation sites excluding steroid dienone is 11. The van der Waals surface area contributed by atoms with Crippen molar-refractivity contribution in [3.05, 3.63) is 72.9 Å². The zero-order chi connectivity index (χ0) is 56.7. The average Bonchev–Trinajstić information content (AvgIpc) is 3.44. The largest absolute Gasteiger partial charge is 0.394 e. The van der Waals surface area contributed by atoms with E-state index >= 15 is 0 Å². The number of hydrogen-bond donors (Lipinski definition) is 9. The molecule has 14 nitrogen and oxygen atoms in total. The second kappa shape index (κ2) is 49.1. The van der Waals surface area contributed by atoms with Gasteiger partial charge in [0, 0.05) is 6.42 Å². The van der Waals surface area contributed by atoms with E-state index in [0.717, 1.165) is 64.2 Å². The van der Waals surface area contributed by atoms with Gasteiger partial charge in [0.15, 0.2) is 12.6 Å². The minimum Gasteiger partial charge on any atom is -0.394 e. The van der Waals surface area contributed by atoms with Gasteiger partial charge in [-0.15, -0.1) is 0 Å². The molecular formula is C64H113NO13. The highest BCUT2D eigenvalue weighted by molar-refractivity contribution is 5.76. The number of ether oxygens (including phenoxy) is 4. The molecule has 0 aromatic heterocycles. The molecule has 2 aliphatic heterocycles. The summed E-state index contributed by atoms with van der Waals surface area (Å²) in [7, 11) is 0. The number of aliphatic hydroxyl groups excluding tert-OH is 8. The molecular weight excluding hydrogens is 991 g/mol. The van der Waals surface area contributed by atoms with Crippen LogP contribution in [0.15, 0.2) is 72.9 Å². The van der Waals surface area contributed by atoms with Crippen molar-refractivity contribution < 1.29 is 64.6 Å². The van der Waals surface area contributed by atoms with E-state index in [-0.39, 0.29) is 18.9 Å². The van der Waals surface area contributed by atoms with Crippen molar-refractivity contribution in [1.29, 1.82) is 0 Å². The minimum absolute atomic E-state index is 0.257. The lowest BCUT2D eigenvalue weighted by atomic mass is 9.97. The van der Waals surface area contributed by atoms with Crippen LogP contribution in [0.2, 0.25) is 0 Å². The van der Waals surface area contributed by atoms with Crippen LogP contribution < -0.4 is 5.32 Å². The maximum absolute atomic E-state index is 13.3. The van der Waals surface area contributed by atoms with Crippen molar-refractivity contribution in [2.45, 2.75) is 306 Å². The van der Waals surface area contributed by atoms with Gasteiger partial charge in [-0.2, -0.15) is 0 Å². The molecule has 0 radical (unpaired) electrons. The Morgan fingerprint density at radius 1 is 0.462 bits per heavy atom. The summed E-state index contributed by atoms with van der Waals surface area (Å²) in [5.74, 6) is -0.257. The maximum Gasteiger partial charge on any atom is 0.220 e. The zero-order valence-electron chi connectivity index (χ0n) is 48.6. The van der Waals surface area contributed by atoms with E-state index in [1.165, 1.54) is 135 Å². The molecule has 14 heteroatoms. The molecule has 0 spiro atoms. The third kappa shape index (κ3) is 34.0. The smallest absolute Gasteiger partial charge is 0.220 e. The van der Waals surface area contributed by atoms with Crippen LogP contribution in [0.3, 0.4) is 0 Å². The van der Waals surface area contributed by atoms with Crippen LogP contribution in [0.1, 0.15) is 232 Å². The highest BCUT2D eigenvalue weighted by Crippen LogP contribution is 2.30. The predicted octanol–water partition coefficient (Wildman–Crippen LogP) is 11.1. The lowest BCUT2D eigenvalue weighted by Crippen LogP contribution is -2.65. The summed E-state index contributed by atoms with van der Waals surface area (Å²) in [4.78, 5) is 13.3. The van der Waals surface area contributed by atoms with Crippen LogP contribution in [-0.2, 0) is 23.7 Å². The molecule has 0 bridgehead atoms. The molecule has 0 aromatic rings. The van der Waals surface area contributed by atoms with Crippen molar-refractivity contribution in [2.75, 3.05) is 19.8 Å². The van der Waals surface area contributed by atoms with E-state index in [2.05, 4.69) is 79.9 Å². The molecule has 2 saturated heterocycles. The van der Waals surface area contributed by atoms with Gasteiger partial charge in [-0.1, -0.05) is 215 Å². The normalized spacial score (nSPS) is 25.1. The number of hydrogen-bond acceptors (Lipinski definition) is 13. The van der Waals surface area contributed by atoms with Crippen molar-refractivity contribution in [3.63, 3.8) is 0 Å². The van der Waals surface area contributed by atoms with Gasteiger partial charge in [0.1, 0.15) is 48.8 Å². The summed E-state index contributed by atoms with van der Waals surface area (Å²) in [6, 6.07) is -0.942. The first-order chi connectivity index (χ1) is 38.1. The third-order valence-corrected chi connectivity index (χ3v) is 14.8. The topological polar surface area (TPSA) is 228 Å². The summed E-state index contributed by atoms with van der Waals surface area (Å²) in [6.07, 6.45) is 48.0. The molecule has 2 fully saturated rings. The van der Waals surface area contributed by atoms with E-state index in [4.69, 9.17) is 18.9 Å². The van der Waals surface area contributed by atoms with Gasteiger partial charge in [0.05, 0.1) is 32.0 Å². The second-order valence-corrected chi connectivity index (χ2v) is 21.8. The van der Waals surface area contributed by atoms with Crippen molar-refractivity contribution >= 4 is 5.91 Å². The Kier molecular flexibility index (Phi) is 45.0. The molecule has 9 N–H and O–H groups in total. The number of rotatable bonds is 49. The Morgan fingerprint density at radius 3 is 1.35 bits per heavy atom. The first-order valence-corrected chi connectivity index (χ1v) is 31.2. The molecule has 2 heterocycles. The quantitative estimate of drug-likeness (QED) is 0.0204. The Labute approximate surface area is 472 Å². The first kappa shape index (κ1) is 71.5. The van der Waals surface area contributed by atoms with Gasteiger partial charge >= 0.3 is 0 Å².